The Labute approximate surface area is 201 Å². The van der Waals surface area contributed by atoms with Crippen molar-refractivity contribution in [2.24, 2.45) is 0 Å². The number of fused-ring (bicyclic) bond motifs is 2. The average molecular weight is 468 g/mol. The maximum absolute atomic E-state index is 13.5. The molecule has 0 aliphatic rings. The molecule has 3 aromatic carbocycles. The minimum atomic E-state index is -0.135. The number of nitrogens with zero attached hydrogens (tertiary/aromatic N) is 2. The molecule has 1 atom stereocenters. The van der Waals surface area contributed by atoms with E-state index in [4.69, 9.17) is 4.98 Å². The number of carbonyl (C=O) groups excluding carboxylic acids is 1. The maximum Gasteiger partial charge on any atom is 0.266 e. The molecular weight excluding hydrogens is 442 g/mol. The van der Waals surface area contributed by atoms with Gasteiger partial charge in [-0.25, -0.2) is 4.98 Å². The number of hydrogen-bond donors (Lipinski definition) is 1. The van der Waals surface area contributed by atoms with E-state index in [2.05, 4.69) is 31.0 Å². The zero-order valence-electron chi connectivity index (χ0n) is 19.1. The highest BCUT2D eigenvalue weighted by atomic mass is 32.2. The molecule has 5 nitrogen and oxygen atoms in total. The van der Waals surface area contributed by atoms with Crippen LogP contribution in [0.1, 0.15) is 42.1 Å². The molecule has 5 rings (SSSR count). The van der Waals surface area contributed by atoms with Crippen LogP contribution in [0.15, 0.2) is 88.9 Å². The van der Waals surface area contributed by atoms with Crippen molar-refractivity contribution in [1.29, 1.82) is 0 Å². The summed E-state index contributed by atoms with van der Waals surface area (Å²) in [7, 11) is 0. The Hall–Kier alpha value is -3.64. The van der Waals surface area contributed by atoms with Crippen LogP contribution in [0.5, 0.6) is 0 Å². The molecule has 0 saturated heterocycles. The number of thioether (sulfide) groups is 1. The number of nitrogens with one attached hydrogen (secondary N) is 1. The lowest BCUT2D eigenvalue weighted by atomic mass is 9.98. The van der Waals surface area contributed by atoms with E-state index < -0.39 is 0 Å². The molecule has 0 bridgehead atoms. The van der Waals surface area contributed by atoms with Crippen molar-refractivity contribution in [2.75, 3.05) is 5.75 Å². The highest BCUT2D eigenvalue weighted by Gasteiger charge is 2.17. The van der Waals surface area contributed by atoms with E-state index >= 15 is 0 Å². The summed E-state index contributed by atoms with van der Waals surface area (Å²) in [6.45, 7) is 4.35. The van der Waals surface area contributed by atoms with E-state index in [1.54, 1.807) is 16.8 Å². The third kappa shape index (κ3) is 4.05. The molecule has 1 unspecified atom stereocenters. The van der Waals surface area contributed by atoms with E-state index in [-0.39, 0.29) is 17.1 Å². The zero-order chi connectivity index (χ0) is 23.7. The van der Waals surface area contributed by atoms with Gasteiger partial charge in [0.2, 0.25) is 0 Å². The topological polar surface area (TPSA) is 67.8 Å². The van der Waals surface area contributed by atoms with E-state index in [1.807, 2.05) is 54.6 Å². The lowest BCUT2D eigenvalue weighted by Gasteiger charge is -2.15. The third-order valence-corrected chi connectivity index (χ3v) is 7.24. The van der Waals surface area contributed by atoms with Gasteiger partial charge < -0.3 is 4.98 Å². The number of carbonyl (C=O) groups is 1. The van der Waals surface area contributed by atoms with E-state index in [0.29, 0.717) is 27.5 Å². The second-order valence-corrected chi connectivity index (χ2v) is 9.36. The molecule has 0 fully saturated rings. The van der Waals surface area contributed by atoms with E-state index in [0.717, 1.165) is 23.0 Å². The molecule has 0 radical (unpaired) electrons. The molecule has 5 aromatic rings. The third-order valence-electron chi connectivity index (χ3n) is 6.30. The van der Waals surface area contributed by atoms with E-state index in [1.165, 1.54) is 17.3 Å². The Kier molecular flexibility index (Phi) is 6.07. The number of para-hydroxylation sites is 2. The van der Waals surface area contributed by atoms with Crippen LogP contribution >= 0.6 is 11.8 Å². The van der Waals surface area contributed by atoms with Crippen molar-refractivity contribution >= 4 is 39.4 Å². The fraction of sp³-hybridized carbons (Fsp3) is 0.179. The summed E-state index contributed by atoms with van der Waals surface area (Å²) in [5.74, 6) is 0.615. The predicted molar refractivity (Wildman–Crippen MR) is 139 cm³/mol. The quantitative estimate of drug-likeness (QED) is 0.172. The fourth-order valence-corrected chi connectivity index (χ4v) is 5.03. The minimum Gasteiger partial charge on any atom is -0.360 e. The van der Waals surface area contributed by atoms with Gasteiger partial charge in [0.05, 0.1) is 22.3 Å². The molecular formula is C28H25N3O2S. The minimum absolute atomic E-state index is 0.0106. The van der Waals surface area contributed by atoms with Crippen LogP contribution < -0.4 is 5.56 Å². The standard InChI is InChI=1S/C28H25N3O2S/c1-3-18(2)19-12-14-20(15-13-19)31-27(33)22-9-5-7-11-25(22)30-28(31)34-17-26(32)23-16-29-24-10-6-4-8-21(23)24/h4-16,18,29H,3,17H2,1-2H3. The molecule has 0 amide bonds. The molecule has 0 aliphatic carbocycles. The van der Waals surface area contributed by atoms with Gasteiger partial charge in [-0.3, -0.25) is 14.2 Å². The Balaban J connectivity index is 1.53. The highest BCUT2D eigenvalue weighted by Crippen LogP contribution is 2.26. The summed E-state index contributed by atoms with van der Waals surface area (Å²) < 4.78 is 1.62. The molecule has 0 aliphatic heterocycles. The Morgan fingerprint density at radius 2 is 1.71 bits per heavy atom. The summed E-state index contributed by atoms with van der Waals surface area (Å²) in [5.41, 5.74) is 4.05. The normalized spacial score (nSPS) is 12.3. The summed E-state index contributed by atoms with van der Waals surface area (Å²) in [5, 5.41) is 1.96. The summed E-state index contributed by atoms with van der Waals surface area (Å²) in [6.07, 6.45) is 2.80. The first kappa shape index (κ1) is 22.2. The number of benzene rings is 3. The number of aromatic nitrogens is 3. The van der Waals surface area contributed by atoms with Crippen molar-refractivity contribution in [3.63, 3.8) is 0 Å². The van der Waals surface area contributed by atoms with Gasteiger partial charge in [0.15, 0.2) is 10.9 Å². The van der Waals surface area contributed by atoms with Gasteiger partial charge in [0.25, 0.3) is 5.56 Å². The molecule has 170 valence electrons. The van der Waals surface area contributed by atoms with Crippen molar-refractivity contribution < 1.29 is 4.79 Å². The number of H-pyrrole nitrogens is 1. The van der Waals surface area contributed by atoms with Gasteiger partial charge in [-0.1, -0.05) is 68.1 Å². The van der Waals surface area contributed by atoms with Crippen LogP contribution in [0.25, 0.3) is 27.5 Å². The van der Waals surface area contributed by atoms with Crippen molar-refractivity contribution in [3.8, 4) is 5.69 Å². The van der Waals surface area contributed by atoms with Crippen LogP contribution in [0.3, 0.4) is 0 Å². The SMILES string of the molecule is CCC(C)c1ccc(-n2c(SCC(=O)c3c[nH]c4ccccc34)nc3ccccc3c2=O)cc1. The van der Waals surface area contributed by atoms with Gasteiger partial charge in [-0.05, 0) is 48.2 Å². The maximum atomic E-state index is 13.5. The van der Waals surface area contributed by atoms with Crippen LogP contribution in [-0.2, 0) is 0 Å². The van der Waals surface area contributed by atoms with Crippen molar-refractivity contribution in [1.82, 2.24) is 14.5 Å². The fourth-order valence-electron chi connectivity index (χ4n) is 4.13. The van der Waals surface area contributed by atoms with Crippen LogP contribution in [-0.4, -0.2) is 26.1 Å². The summed E-state index contributed by atoms with van der Waals surface area (Å²) in [6, 6.07) is 23.1. The molecule has 6 heteroatoms. The first-order valence-electron chi connectivity index (χ1n) is 11.4. The van der Waals surface area contributed by atoms with E-state index in [9.17, 15) is 9.59 Å². The van der Waals surface area contributed by atoms with Crippen LogP contribution in [0.2, 0.25) is 0 Å². The molecule has 2 aromatic heterocycles. The zero-order valence-corrected chi connectivity index (χ0v) is 19.9. The average Bonchev–Trinajstić information content (AvgIpc) is 3.31. The first-order valence-corrected chi connectivity index (χ1v) is 12.4. The number of hydrogen-bond acceptors (Lipinski definition) is 4. The molecule has 2 heterocycles. The van der Waals surface area contributed by atoms with Crippen molar-refractivity contribution in [2.45, 2.75) is 31.3 Å². The Morgan fingerprint density at radius 1 is 1.00 bits per heavy atom. The van der Waals surface area contributed by atoms with Gasteiger partial charge >= 0.3 is 0 Å². The lowest BCUT2D eigenvalue weighted by Crippen LogP contribution is -2.22. The molecule has 0 saturated carbocycles. The Bertz CT molecular complexity index is 1550. The lowest BCUT2D eigenvalue weighted by molar-refractivity contribution is 0.102. The van der Waals surface area contributed by atoms with Gasteiger partial charge in [0.1, 0.15) is 0 Å². The molecule has 1 N–H and O–H groups in total. The number of rotatable bonds is 7. The van der Waals surface area contributed by atoms with Crippen LogP contribution in [0.4, 0.5) is 0 Å². The summed E-state index contributed by atoms with van der Waals surface area (Å²) in [4.78, 5) is 34.5. The number of ketones is 1. The number of Topliss-reactive ketones (excluding diaryl/α,β-unsaturated/α-hetero) is 1. The largest absolute Gasteiger partial charge is 0.360 e. The Morgan fingerprint density at radius 3 is 2.47 bits per heavy atom. The van der Waals surface area contributed by atoms with Crippen molar-refractivity contribution in [3.05, 3.63) is 100 Å². The van der Waals surface area contributed by atoms with Gasteiger partial charge in [0, 0.05) is 22.7 Å². The predicted octanol–water partition coefficient (Wildman–Crippen LogP) is 6.36. The van der Waals surface area contributed by atoms with Crippen LogP contribution in [0, 0.1) is 0 Å². The molecule has 34 heavy (non-hydrogen) atoms. The first-order chi connectivity index (χ1) is 16.6. The number of aromatic amines is 1. The highest BCUT2D eigenvalue weighted by molar-refractivity contribution is 7.99. The molecule has 0 spiro atoms. The second kappa shape index (κ2) is 9.31. The monoisotopic (exact) mass is 467 g/mol. The van der Waals surface area contributed by atoms with Gasteiger partial charge in [-0.2, -0.15) is 0 Å². The summed E-state index contributed by atoms with van der Waals surface area (Å²) >= 11 is 1.29. The van der Waals surface area contributed by atoms with Gasteiger partial charge in [-0.15, -0.1) is 0 Å². The smallest absolute Gasteiger partial charge is 0.266 e. The second-order valence-electron chi connectivity index (χ2n) is 8.41.